The number of aromatic nitrogens is 2. The van der Waals surface area contributed by atoms with Gasteiger partial charge >= 0.3 is 0 Å². The summed E-state index contributed by atoms with van der Waals surface area (Å²) in [6, 6.07) is 3.99. The summed E-state index contributed by atoms with van der Waals surface area (Å²) >= 11 is 0. The maximum atomic E-state index is 14.4. The first-order valence-corrected chi connectivity index (χ1v) is 10.1. The molecule has 1 heterocycles. The summed E-state index contributed by atoms with van der Waals surface area (Å²) < 4.78 is 28.8. The minimum absolute atomic E-state index is 0.0322. The summed E-state index contributed by atoms with van der Waals surface area (Å²) in [5, 5.41) is 3.39. The Morgan fingerprint density at radius 2 is 1.93 bits per heavy atom. The Hall–Kier alpha value is -2.56. The van der Waals surface area contributed by atoms with E-state index in [4.69, 9.17) is 0 Å². The van der Waals surface area contributed by atoms with E-state index in [1.54, 1.807) is 25.5 Å². The summed E-state index contributed by atoms with van der Waals surface area (Å²) in [7, 11) is 1.90. The zero-order valence-corrected chi connectivity index (χ0v) is 17.8. The molecule has 3 nitrogen and oxygen atoms in total. The molecule has 0 saturated heterocycles. The van der Waals surface area contributed by atoms with Crippen molar-refractivity contribution in [3.63, 3.8) is 0 Å². The molecule has 1 aliphatic carbocycles. The van der Waals surface area contributed by atoms with Gasteiger partial charge in [0, 0.05) is 36.9 Å². The van der Waals surface area contributed by atoms with E-state index in [2.05, 4.69) is 36.1 Å². The van der Waals surface area contributed by atoms with Gasteiger partial charge in [0.25, 0.3) is 0 Å². The molecule has 2 aromatic rings. The molecule has 0 fully saturated rings. The van der Waals surface area contributed by atoms with Crippen molar-refractivity contribution in [2.75, 3.05) is 7.05 Å². The summed E-state index contributed by atoms with van der Waals surface area (Å²) in [6.07, 6.45) is 9.02. The molecule has 0 radical (unpaired) electrons. The minimum Gasteiger partial charge on any atom is -0.390 e. The molecule has 5 heteroatoms. The Balaban J connectivity index is 2.21. The number of nitrogens with one attached hydrogen (secondary N) is 1. The first-order chi connectivity index (χ1) is 13.8. The van der Waals surface area contributed by atoms with E-state index in [1.165, 1.54) is 18.2 Å². The Bertz CT molecular complexity index is 914. The third kappa shape index (κ3) is 3.96. The van der Waals surface area contributed by atoms with E-state index < -0.39 is 11.6 Å². The zero-order valence-electron chi connectivity index (χ0n) is 17.8. The topological polar surface area (TPSA) is 37.8 Å². The molecule has 1 aromatic carbocycles. The van der Waals surface area contributed by atoms with Crippen molar-refractivity contribution in [1.82, 2.24) is 15.3 Å². The van der Waals surface area contributed by atoms with E-state index in [0.29, 0.717) is 11.5 Å². The highest BCUT2D eigenvalue weighted by molar-refractivity contribution is 5.68. The molecule has 1 N–H and O–H groups in total. The molecule has 2 atom stereocenters. The van der Waals surface area contributed by atoms with Crippen LogP contribution in [0.25, 0.3) is 5.57 Å². The molecular weight excluding hydrogens is 368 g/mol. The molecule has 0 spiro atoms. The van der Waals surface area contributed by atoms with Crippen LogP contribution in [0, 0.1) is 23.5 Å². The lowest BCUT2D eigenvalue weighted by molar-refractivity contribution is 0.315. The quantitative estimate of drug-likeness (QED) is 0.708. The van der Waals surface area contributed by atoms with Gasteiger partial charge in [-0.15, -0.1) is 0 Å². The van der Waals surface area contributed by atoms with Crippen molar-refractivity contribution in [2.45, 2.75) is 46.0 Å². The summed E-state index contributed by atoms with van der Waals surface area (Å²) in [5.41, 5.74) is 3.30. The lowest BCUT2D eigenvalue weighted by Gasteiger charge is -2.41. The largest absolute Gasteiger partial charge is 0.390 e. The van der Waals surface area contributed by atoms with Crippen LogP contribution in [0.2, 0.25) is 0 Å². The average molecular weight is 398 g/mol. The van der Waals surface area contributed by atoms with Crippen molar-refractivity contribution in [1.29, 1.82) is 0 Å². The van der Waals surface area contributed by atoms with Gasteiger partial charge in [0.1, 0.15) is 11.6 Å². The Kier molecular flexibility index (Phi) is 6.15. The molecular formula is C24H29F2N3. The van der Waals surface area contributed by atoms with Gasteiger partial charge in [-0.3, -0.25) is 9.97 Å². The molecule has 29 heavy (non-hydrogen) atoms. The Morgan fingerprint density at radius 3 is 2.48 bits per heavy atom. The molecule has 1 aliphatic rings. The van der Waals surface area contributed by atoms with Crippen LogP contribution in [0.1, 0.15) is 51.8 Å². The number of likely N-dealkylation sites (N-methyl/N-ethyl adjacent to an activating group) is 1. The van der Waals surface area contributed by atoms with Crippen molar-refractivity contribution in [2.24, 2.45) is 11.8 Å². The highest BCUT2D eigenvalue weighted by Crippen LogP contribution is 2.46. The molecule has 1 aromatic heterocycles. The van der Waals surface area contributed by atoms with E-state index in [1.807, 2.05) is 13.1 Å². The molecule has 3 rings (SSSR count). The van der Waals surface area contributed by atoms with Crippen LogP contribution < -0.4 is 5.32 Å². The van der Waals surface area contributed by atoms with Gasteiger partial charge in [0.05, 0.1) is 11.1 Å². The molecule has 0 amide bonds. The predicted molar refractivity (Wildman–Crippen MR) is 113 cm³/mol. The maximum Gasteiger partial charge on any atom is 0.133 e. The van der Waals surface area contributed by atoms with E-state index in [-0.39, 0.29) is 16.9 Å². The summed E-state index contributed by atoms with van der Waals surface area (Å²) in [4.78, 5) is 8.82. The number of benzene rings is 1. The third-order valence-electron chi connectivity index (χ3n) is 6.11. The Labute approximate surface area is 172 Å². The van der Waals surface area contributed by atoms with Crippen LogP contribution in [-0.2, 0) is 5.41 Å². The fourth-order valence-electron chi connectivity index (χ4n) is 4.54. The van der Waals surface area contributed by atoms with Crippen molar-refractivity contribution < 1.29 is 8.78 Å². The lowest BCUT2D eigenvalue weighted by Crippen LogP contribution is -2.39. The second kappa shape index (κ2) is 8.44. The Morgan fingerprint density at radius 1 is 1.24 bits per heavy atom. The van der Waals surface area contributed by atoms with Crippen LogP contribution in [0.4, 0.5) is 8.78 Å². The van der Waals surface area contributed by atoms with E-state index in [0.717, 1.165) is 29.8 Å². The maximum absolute atomic E-state index is 14.4. The molecule has 0 saturated carbocycles. The van der Waals surface area contributed by atoms with E-state index >= 15 is 0 Å². The number of nitrogens with zero attached hydrogens (tertiary/aromatic N) is 2. The number of hydrogen-bond donors (Lipinski definition) is 1. The van der Waals surface area contributed by atoms with Gasteiger partial charge in [0.2, 0.25) is 0 Å². The second-order valence-electron chi connectivity index (χ2n) is 8.32. The van der Waals surface area contributed by atoms with Crippen molar-refractivity contribution >= 4 is 5.57 Å². The lowest BCUT2D eigenvalue weighted by atomic mass is 9.66. The molecule has 0 aliphatic heterocycles. The van der Waals surface area contributed by atoms with Gasteiger partial charge < -0.3 is 5.32 Å². The fourth-order valence-corrected chi connectivity index (χ4v) is 4.54. The minimum atomic E-state index is -0.543. The molecule has 154 valence electrons. The van der Waals surface area contributed by atoms with Gasteiger partial charge in [-0.2, -0.15) is 0 Å². The average Bonchev–Trinajstić information content (AvgIpc) is 2.68. The molecule has 0 unspecified atom stereocenters. The number of rotatable bonds is 5. The van der Waals surface area contributed by atoms with Gasteiger partial charge in [-0.1, -0.05) is 26.0 Å². The van der Waals surface area contributed by atoms with Crippen LogP contribution in [0.15, 0.2) is 54.1 Å². The van der Waals surface area contributed by atoms with E-state index in [9.17, 15) is 8.78 Å². The van der Waals surface area contributed by atoms with Gasteiger partial charge in [-0.05, 0) is 61.8 Å². The highest BCUT2D eigenvalue weighted by Gasteiger charge is 2.40. The summed E-state index contributed by atoms with van der Waals surface area (Å²) in [5.74, 6) is -0.404. The van der Waals surface area contributed by atoms with Crippen molar-refractivity contribution in [3.8, 4) is 0 Å². The number of halogens is 2. The van der Waals surface area contributed by atoms with Gasteiger partial charge in [-0.25, -0.2) is 8.78 Å². The third-order valence-corrected chi connectivity index (χ3v) is 6.11. The summed E-state index contributed by atoms with van der Waals surface area (Å²) in [6.45, 7) is 8.31. The fraction of sp³-hybridized carbons (Fsp3) is 0.417. The predicted octanol–water partition coefficient (Wildman–Crippen LogP) is 5.66. The van der Waals surface area contributed by atoms with Crippen LogP contribution in [0.5, 0.6) is 0 Å². The standard InChI is InChI=1S/C24H29F2N3/c1-15(2)17-9-10-24(4,21-14-28-11-12-29-21)23(27-5)18(17)13-16(3)22-19(25)7-6-8-20(22)26/h6-8,11-15,17,27H,9-10H2,1-5H3/b16-13+/t17-,24-/m1/s1. The van der Waals surface area contributed by atoms with Crippen LogP contribution in [-0.4, -0.2) is 17.0 Å². The molecule has 0 bridgehead atoms. The van der Waals surface area contributed by atoms with Crippen LogP contribution >= 0.6 is 0 Å². The smallest absolute Gasteiger partial charge is 0.133 e. The van der Waals surface area contributed by atoms with Crippen molar-refractivity contribution in [3.05, 3.63) is 77.0 Å². The second-order valence-corrected chi connectivity index (χ2v) is 8.32. The SMILES string of the molecule is CNC1=C(/C=C(\C)c2c(F)cccc2F)[C@@H](C(C)C)CC[C@]1(C)c1cnccn1. The monoisotopic (exact) mass is 397 g/mol. The zero-order chi connectivity index (χ0) is 21.2. The highest BCUT2D eigenvalue weighted by atomic mass is 19.1. The van der Waals surface area contributed by atoms with Gasteiger partial charge in [0.15, 0.2) is 0 Å². The first-order valence-electron chi connectivity index (χ1n) is 10.1. The normalized spacial score (nSPS) is 22.9. The first kappa shape index (κ1) is 21.2. The number of allylic oxidation sites excluding steroid dienone is 4. The number of hydrogen-bond acceptors (Lipinski definition) is 3. The van der Waals surface area contributed by atoms with Crippen LogP contribution in [0.3, 0.4) is 0 Å².